The number of amides is 1. The van der Waals surface area contributed by atoms with E-state index in [1.807, 2.05) is 5.32 Å². The fourth-order valence-corrected chi connectivity index (χ4v) is 1.84. The number of rotatable bonds is 5. The van der Waals surface area contributed by atoms with Crippen LogP contribution in [0.5, 0.6) is 5.75 Å². The highest BCUT2D eigenvalue weighted by Gasteiger charge is 2.38. The number of carbonyl (C=O) groups is 1. The van der Waals surface area contributed by atoms with Crippen LogP contribution >= 0.6 is 27.5 Å². The standard InChI is InChI=1S/C11H10BrClF3NO3/c12-6-1-2-8(7(13)3-6)20-5-10(19)17-4-9(18)11(14,15)16/h1-3,9,18H,4-5H2,(H,17,19). The number of carbonyl (C=O) groups excluding carboxylic acids is 1. The first-order chi connectivity index (χ1) is 9.20. The Kier molecular flexibility index (Phi) is 6.09. The lowest BCUT2D eigenvalue weighted by Crippen LogP contribution is -2.42. The number of nitrogens with one attached hydrogen (secondary N) is 1. The number of benzene rings is 1. The van der Waals surface area contributed by atoms with Crippen molar-refractivity contribution in [2.75, 3.05) is 13.2 Å². The zero-order valence-electron chi connectivity index (χ0n) is 9.88. The second kappa shape index (κ2) is 7.14. The molecule has 1 atom stereocenters. The molecular formula is C11H10BrClF3NO3. The summed E-state index contributed by atoms with van der Waals surface area (Å²) in [6.07, 6.45) is -7.38. The van der Waals surface area contributed by atoms with Crippen LogP contribution in [0.15, 0.2) is 22.7 Å². The third-order valence-electron chi connectivity index (χ3n) is 2.12. The van der Waals surface area contributed by atoms with E-state index >= 15 is 0 Å². The lowest BCUT2D eigenvalue weighted by atomic mass is 10.3. The summed E-state index contributed by atoms with van der Waals surface area (Å²) in [5.41, 5.74) is 0. The minimum absolute atomic E-state index is 0.224. The van der Waals surface area contributed by atoms with Crippen molar-refractivity contribution in [2.24, 2.45) is 0 Å². The molecule has 0 radical (unpaired) electrons. The van der Waals surface area contributed by atoms with Gasteiger partial charge in [-0.1, -0.05) is 27.5 Å². The first kappa shape index (κ1) is 17.1. The molecule has 0 spiro atoms. The number of hydrogen-bond acceptors (Lipinski definition) is 3. The van der Waals surface area contributed by atoms with Crippen LogP contribution < -0.4 is 10.1 Å². The van der Waals surface area contributed by atoms with Gasteiger partial charge in [-0.25, -0.2) is 0 Å². The average Bonchev–Trinajstić information content (AvgIpc) is 2.33. The minimum atomic E-state index is -4.77. The van der Waals surface area contributed by atoms with E-state index in [1.165, 1.54) is 6.07 Å². The van der Waals surface area contributed by atoms with Crippen LogP contribution in [0.3, 0.4) is 0 Å². The van der Waals surface area contributed by atoms with E-state index in [0.29, 0.717) is 4.47 Å². The third-order valence-corrected chi connectivity index (χ3v) is 2.91. The normalized spacial score (nSPS) is 12.9. The van der Waals surface area contributed by atoms with Gasteiger partial charge in [0.2, 0.25) is 0 Å². The second-order valence-electron chi connectivity index (χ2n) is 3.72. The maximum absolute atomic E-state index is 12.0. The Bertz CT molecular complexity index is 484. The lowest BCUT2D eigenvalue weighted by molar-refractivity contribution is -0.201. The molecule has 9 heteroatoms. The van der Waals surface area contributed by atoms with Gasteiger partial charge < -0.3 is 15.2 Å². The molecule has 1 aromatic carbocycles. The van der Waals surface area contributed by atoms with E-state index in [-0.39, 0.29) is 10.8 Å². The van der Waals surface area contributed by atoms with Gasteiger partial charge in [-0.05, 0) is 18.2 Å². The fraction of sp³-hybridized carbons (Fsp3) is 0.364. The van der Waals surface area contributed by atoms with Gasteiger partial charge in [0.05, 0.1) is 11.6 Å². The molecule has 0 bridgehead atoms. The van der Waals surface area contributed by atoms with E-state index in [4.69, 9.17) is 21.4 Å². The number of aliphatic hydroxyl groups excluding tert-OH is 1. The van der Waals surface area contributed by atoms with Crippen molar-refractivity contribution in [2.45, 2.75) is 12.3 Å². The molecule has 0 aliphatic carbocycles. The van der Waals surface area contributed by atoms with Crippen molar-refractivity contribution in [1.82, 2.24) is 5.32 Å². The summed E-state index contributed by atoms with van der Waals surface area (Å²) in [6.45, 7) is -1.44. The van der Waals surface area contributed by atoms with Crippen LogP contribution in [0.1, 0.15) is 0 Å². The Balaban J connectivity index is 2.40. The minimum Gasteiger partial charge on any atom is -0.482 e. The zero-order valence-corrected chi connectivity index (χ0v) is 12.2. The van der Waals surface area contributed by atoms with Crippen molar-refractivity contribution in [3.05, 3.63) is 27.7 Å². The SMILES string of the molecule is O=C(COc1ccc(Br)cc1Cl)NCC(O)C(F)(F)F. The number of alkyl halides is 3. The van der Waals surface area contributed by atoms with E-state index < -0.39 is 31.3 Å². The summed E-state index contributed by atoms with van der Waals surface area (Å²) in [4.78, 5) is 11.3. The molecule has 1 unspecified atom stereocenters. The maximum atomic E-state index is 12.0. The maximum Gasteiger partial charge on any atom is 0.416 e. The van der Waals surface area contributed by atoms with Gasteiger partial charge in [0, 0.05) is 4.47 Å². The predicted molar refractivity (Wildman–Crippen MR) is 69.7 cm³/mol. The predicted octanol–water partition coefficient (Wildman–Crippen LogP) is 2.52. The molecule has 20 heavy (non-hydrogen) atoms. The van der Waals surface area contributed by atoms with Gasteiger partial charge in [0.25, 0.3) is 5.91 Å². The summed E-state index contributed by atoms with van der Waals surface area (Å²) >= 11 is 9.01. The Hall–Kier alpha value is -0.990. The third kappa shape index (κ3) is 5.56. The largest absolute Gasteiger partial charge is 0.482 e. The summed E-state index contributed by atoms with van der Waals surface area (Å²) in [6, 6.07) is 4.68. The van der Waals surface area contributed by atoms with Crippen LogP contribution in [0, 0.1) is 0 Å². The van der Waals surface area contributed by atoms with Gasteiger partial charge in [0.15, 0.2) is 12.7 Å². The highest BCUT2D eigenvalue weighted by atomic mass is 79.9. The van der Waals surface area contributed by atoms with Crippen LogP contribution in [0.25, 0.3) is 0 Å². The number of halogens is 5. The molecule has 0 fully saturated rings. The lowest BCUT2D eigenvalue weighted by Gasteiger charge is -2.15. The van der Waals surface area contributed by atoms with E-state index in [1.54, 1.807) is 12.1 Å². The Morgan fingerprint density at radius 1 is 1.50 bits per heavy atom. The summed E-state index contributed by atoms with van der Waals surface area (Å²) in [5.74, 6) is -0.575. The highest BCUT2D eigenvalue weighted by molar-refractivity contribution is 9.10. The summed E-state index contributed by atoms with van der Waals surface area (Å²) in [7, 11) is 0. The molecular weight excluding hydrogens is 366 g/mol. The molecule has 1 aromatic rings. The fourth-order valence-electron chi connectivity index (χ4n) is 1.11. The van der Waals surface area contributed by atoms with Gasteiger partial charge in [-0.15, -0.1) is 0 Å². The smallest absolute Gasteiger partial charge is 0.416 e. The summed E-state index contributed by atoms with van der Waals surface area (Å²) in [5, 5.41) is 10.8. The Labute approximate surface area is 126 Å². The molecule has 0 saturated heterocycles. The van der Waals surface area contributed by atoms with Crippen molar-refractivity contribution in [3.63, 3.8) is 0 Å². The molecule has 0 aromatic heterocycles. The molecule has 1 rings (SSSR count). The van der Waals surface area contributed by atoms with Gasteiger partial charge in [-0.2, -0.15) is 13.2 Å². The monoisotopic (exact) mass is 375 g/mol. The quantitative estimate of drug-likeness (QED) is 0.830. The first-order valence-corrected chi connectivity index (χ1v) is 6.46. The Morgan fingerprint density at radius 3 is 2.70 bits per heavy atom. The van der Waals surface area contributed by atoms with Crippen LogP contribution in [0.4, 0.5) is 13.2 Å². The molecule has 0 saturated carbocycles. The summed E-state index contributed by atoms with van der Waals surface area (Å²) < 4.78 is 41.7. The zero-order chi connectivity index (χ0) is 15.3. The van der Waals surface area contributed by atoms with Crippen LogP contribution in [-0.2, 0) is 4.79 Å². The first-order valence-electron chi connectivity index (χ1n) is 5.29. The average molecular weight is 377 g/mol. The van der Waals surface area contributed by atoms with Gasteiger partial charge in [-0.3, -0.25) is 4.79 Å². The van der Waals surface area contributed by atoms with Crippen molar-refractivity contribution in [3.8, 4) is 5.75 Å². The molecule has 112 valence electrons. The van der Waals surface area contributed by atoms with Crippen LogP contribution in [0.2, 0.25) is 5.02 Å². The molecule has 1 amide bonds. The molecule has 0 heterocycles. The number of aliphatic hydroxyl groups is 1. The molecule has 4 nitrogen and oxygen atoms in total. The van der Waals surface area contributed by atoms with E-state index in [9.17, 15) is 18.0 Å². The van der Waals surface area contributed by atoms with E-state index in [0.717, 1.165) is 0 Å². The van der Waals surface area contributed by atoms with Crippen molar-refractivity contribution >= 4 is 33.4 Å². The van der Waals surface area contributed by atoms with Gasteiger partial charge >= 0.3 is 6.18 Å². The molecule has 2 N–H and O–H groups in total. The van der Waals surface area contributed by atoms with Crippen molar-refractivity contribution in [1.29, 1.82) is 0 Å². The Morgan fingerprint density at radius 2 is 2.15 bits per heavy atom. The second-order valence-corrected chi connectivity index (χ2v) is 5.05. The molecule has 0 aliphatic rings. The number of ether oxygens (including phenoxy) is 1. The topological polar surface area (TPSA) is 58.6 Å². The molecule has 0 aliphatic heterocycles. The number of hydrogen-bond donors (Lipinski definition) is 2. The van der Waals surface area contributed by atoms with E-state index in [2.05, 4.69) is 15.9 Å². The van der Waals surface area contributed by atoms with Crippen molar-refractivity contribution < 1.29 is 27.8 Å². The van der Waals surface area contributed by atoms with Crippen LogP contribution in [-0.4, -0.2) is 36.4 Å². The highest BCUT2D eigenvalue weighted by Crippen LogP contribution is 2.27. The van der Waals surface area contributed by atoms with Gasteiger partial charge in [0.1, 0.15) is 5.75 Å².